The summed E-state index contributed by atoms with van der Waals surface area (Å²) in [5.41, 5.74) is 6.03. The monoisotopic (exact) mass is 393 g/mol. The van der Waals surface area contributed by atoms with Crippen LogP contribution in [-0.4, -0.2) is 16.3 Å². The summed E-state index contributed by atoms with van der Waals surface area (Å²) >= 11 is 1.57. The third-order valence-electron chi connectivity index (χ3n) is 5.72. The number of aromatic hydroxyl groups is 1. The fourth-order valence-corrected chi connectivity index (χ4v) is 5.02. The van der Waals surface area contributed by atoms with E-state index in [1.165, 1.54) is 44.1 Å². The molecular weight excluding hydrogens is 366 g/mol. The third-order valence-corrected chi connectivity index (χ3v) is 6.67. The van der Waals surface area contributed by atoms with Crippen molar-refractivity contribution in [2.75, 3.05) is 5.43 Å². The van der Waals surface area contributed by atoms with Gasteiger partial charge in [0.1, 0.15) is 5.75 Å². The molecule has 0 aliphatic heterocycles. The number of anilines is 1. The number of hydrogen-bond donors (Lipinski definition) is 2. The van der Waals surface area contributed by atoms with E-state index in [0.717, 1.165) is 26.8 Å². The van der Waals surface area contributed by atoms with E-state index in [2.05, 4.69) is 34.6 Å². The Hall–Kier alpha value is -2.40. The third kappa shape index (κ3) is 4.36. The summed E-state index contributed by atoms with van der Waals surface area (Å²) in [5.74, 6) is 1.76. The lowest BCUT2D eigenvalue weighted by Crippen LogP contribution is -2.13. The molecule has 1 fully saturated rings. The van der Waals surface area contributed by atoms with E-state index >= 15 is 0 Å². The zero-order valence-corrected chi connectivity index (χ0v) is 17.1. The first-order valence-electron chi connectivity index (χ1n) is 10.2. The van der Waals surface area contributed by atoms with Crippen LogP contribution in [0.15, 0.2) is 47.6 Å². The SMILES string of the molecule is CCCC1CCC(c2ccc(O)c(/C=N/Nc3nc4ccccc4s3)c2)CC1. The quantitative estimate of drug-likeness (QED) is 0.370. The number of nitrogens with zero attached hydrogens (tertiary/aromatic N) is 2. The first-order valence-corrected chi connectivity index (χ1v) is 11.0. The first kappa shape index (κ1) is 18.9. The molecule has 0 spiro atoms. The van der Waals surface area contributed by atoms with Gasteiger partial charge in [-0.3, -0.25) is 5.43 Å². The molecule has 2 aromatic carbocycles. The lowest BCUT2D eigenvalue weighted by atomic mass is 9.77. The summed E-state index contributed by atoms with van der Waals surface area (Å²) in [6.07, 6.45) is 9.47. The number of hydrogen-bond acceptors (Lipinski definition) is 5. The van der Waals surface area contributed by atoms with Gasteiger partial charge < -0.3 is 5.11 Å². The van der Waals surface area contributed by atoms with Gasteiger partial charge in [-0.25, -0.2) is 4.98 Å². The van der Waals surface area contributed by atoms with Crippen LogP contribution in [0.1, 0.15) is 62.5 Å². The Labute approximate surface area is 170 Å². The minimum atomic E-state index is 0.262. The van der Waals surface area contributed by atoms with E-state index in [1.807, 2.05) is 24.3 Å². The van der Waals surface area contributed by atoms with Gasteiger partial charge in [-0.2, -0.15) is 5.10 Å². The number of nitrogens with one attached hydrogen (secondary N) is 1. The zero-order valence-electron chi connectivity index (χ0n) is 16.3. The summed E-state index contributed by atoms with van der Waals surface area (Å²) in [6, 6.07) is 14.0. The molecule has 1 aliphatic rings. The van der Waals surface area contributed by atoms with Crippen molar-refractivity contribution in [2.24, 2.45) is 11.0 Å². The summed E-state index contributed by atoms with van der Waals surface area (Å²) in [5, 5.41) is 15.3. The molecule has 5 heteroatoms. The number of aromatic nitrogens is 1. The van der Waals surface area contributed by atoms with E-state index in [0.29, 0.717) is 5.92 Å². The minimum absolute atomic E-state index is 0.262. The summed E-state index contributed by atoms with van der Waals surface area (Å²) < 4.78 is 1.13. The van der Waals surface area contributed by atoms with Crippen LogP contribution >= 0.6 is 11.3 Å². The maximum atomic E-state index is 10.2. The van der Waals surface area contributed by atoms with Crippen molar-refractivity contribution >= 4 is 32.9 Å². The molecule has 1 saturated carbocycles. The summed E-state index contributed by atoms with van der Waals surface area (Å²) in [7, 11) is 0. The lowest BCUT2D eigenvalue weighted by Gasteiger charge is -2.28. The topological polar surface area (TPSA) is 57.5 Å². The Morgan fingerprint density at radius 2 is 2.00 bits per heavy atom. The fraction of sp³-hybridized carbons (Fsp3) is 0.391. The molecule has 146 valence electrons. The number of benzene rings is 2. The van der Waals surface area contributed by atoms with Gasteiger partial charge in [0.05, 0.1) is 16.4 Å². The molecule has 4 rings (SSSR count). The number of hydrazone groups is 1. The molecule has 0 unspecified atom stereocenters. The van der Waals surface area contributed by atoms with Crippen molar-refractivity contribution in [3.63, 3.8) is 0 Å². The fourth-order valence-electron chi connectivity index (χ4n) is 4.20. The van der Waals surface area contributed by atoms with Gasteiger partial charge in [0.15, 0.2) is 0 Å². The van der Waals surface area contributed by atoms with Crippen LogP contribution in [0.4, 0.5) is 5.13 Å². The van der Waals surface area contributed by atoms with Crippen LogP contribution in [0.2, 0.25) is 0 Å². The summed E-state index contributed by atoms with van der Waals surface area (Å²) in [6.45, 7) is 2.28. The van der Waals surface area contributed by atoms with Gasteiger partial charge in [-0.1, -0.05) is 49.3 Å². The maximum absolute atomic E-state index is 10.2. The van der Waals surface area contributed by atoms with Gasteiger partial charge in [0, 0.05) is 5.56 Å². The number of rotatable bonds is 6. The second kappa shape index (κ2) is 8.74. The molecule has 0 bridgehead atoms. The smallest absolute Gasteiger partial charge is 0.204 e. The Morgan fingerprint density at radius 3 is 2.79 bits per heavy atom. The van der Waals surface area contributed by atoms with E-state index in [4.69, 9.17) is 0 Å². The molecular formula is C23H27N3OS. The molecule has 1 aliphatic carbocycles. The van der Waals surface area contributed by atoms with E-state index in [-0.39, 0.29) is 5.75 Å². The number of para-hydroxylation sites is 1. The number of phenolic OH excluding ortho intramolecular Hbond substituents is 1. The second-order valence-corrected chi connectivity index (χ2v) is 8.71. The second-order valence-electron chi connectivity index (χ2n) is 7.68. The highest BCUT2D eigenvalue weighted by molar-refractivity contribution is 7.22. The van der Waals surface area contributed by atoms with Gasteiger partial charge in [-0.05, 0) is 67.3 Å². The molecule has 0 saturated heterocycles. The molecule has 0 amide bonds. The number of fused-ring (bicyclic) bond motifs is 1. The van der Waals surface area contributed by atoms with Gasteiger partial charge in [0.25, 0.3) is 0 Å². The van der Waals surface area contributed by atoms with Crippen LogP contribution in [0.3, 0.4) is 0 Å². The largest absolute Gasteiger partial charge is 0.507 e. The highest BCUT2D eigenvalue weighted by Gasteiger charge is 2.22. The Bertz CT molecular complexity index is 924. The molecule has 3 aromatic rings. The van der Waals surface area contributed by atoms with Crippen LogP contribution in [0, 0.1) is 5.92 Å². The Balaban J connectivity index is 1.43. The van der Waals surface area contributed by atoms with Crippen LogP contribution in [-0.2, 0) is 0 Å². The van der Waals surface area contributed by atoms with E-state index < -0.39 is 0 Å². The highest BCUT2D eigenvalue weighted by Crippen LogP contribution is 2.38. The average molecular weight is 394 g/mol. The normalized spacial score (nSPS) is 20.0. The zero-order chi connectivity index (χ0) is 19.3. The first-order chi connectivity index (χ1) is 13.7. The average Bonchev–Trinajstić information content (AvgIpc) is 3.13. The Morgan fingerprint density at radius 1 is 1.18 bits per heavy atom. The predicted molar refractivity (Wildman–Crippen MR) is 119 cm³/mol. The standard InChI is InChI=1S/C23H27N3OS/c1-2-5-16-8-10-17(11-9-16)18-12-13-21(27)19(14-18)15-24-26-23-25-20-6-3-4-7-22(20)28-23/h3-4,6-7,12-17,27H,2,5,8-11H2,1H3,(H,25,26)/b24-15+. The van der Waals surface area contributed by atoms with Crippen LogP contribution < -0.4 is 5.43 Å². The molecule has 1 heterocycles. The predicted octanol–water partition coefficient (Wildman–Crippen LogP) is 6.52. The van der Waals surface area contributed by atoms with Gasteiger partial charge in [-0.15, -0.1) is 0 Å². The lowest BCUT2D eigenvalue weighted by molar-refractivity contribution is 0.308. The highest BCUT2D eigenvalue weighted by atomic mass is 32.1. The van der Waals surface area contributed by atoms with Crippen LogP contribution in [0.25, 0.3) is 10.2 Å². The van der Waals surface area contributed by atoms with Crippen molar-refractivity contribution in [3.8, 4) is 5.75 Å². The number of thiazole rings is 1. The van der Waals surface area contributed by atoms with E-state index in [9.17, 15) is 5.11 Å². The molecule has 2 N–H and O–H groups in total. The maximum Gasteiger partial charge on any atom is 0.204 e. The number of phenols is 1. The molecule has 4 nitrogen and oxygen atoms in total. The van der Waals surface area contributed by atoms with Crippen molar-refractivity contribution in [1.82, 2.24) is 4.98 Å². The van der Waals surface area contributed by atoms with Gasteiger partial charge in [0.2, 0.25) is 5.13 Å². The van der Waals surface area contributed by atoms with Crippen molar-refractivity contribution in [3.05, 3.63) is 53.6 Å². The molecule has 28 heavy (non-hydrogen) atoms. The van der Waals surface area contributed by atoms with E-state index in [1.54, 1.807) is 23.6 Å². The summed E-state index contributed by atoms with van der Waals surface area (Å²) in [4.78, 5) is 4.51. The molecule has 1 aromatic heterocycles. The Kier molecular flexibility index (Phi) is 5.91. The van der Waals surface area contributed by atoms with Crippen LogP contribution in [0.5, 0.6) is 5.75 Å². The molecule has 0 atom stereocenters. The van der Waals surface area contributed by atoms with Crippen molar-refractivity contribution in [1.29, 1.82) is 0 Å². The van der Waals surface area contributed by atoms with Crippen molar-refractivity contribution in [2.45, 2.75) is 51.4 Å². The van der Waals surface area contributed by atoms with Crippen molar-refractivity contribution < 1.29 is 5.11 Å². The minimum Gasteiger partial charge on any atom is -0.507 e. The molecule has 0 radical (unpaired) electrons. The van der Waals surface area contributed by atoms with Gasteiger partial charge >= 0.3 is 0 Å².